The fraction of sp³-hybridized carbons (Fsp3) is 0.167. The van der Waals surface area contributed by atoms with Crippen LogP contribution in [-0.4, -0.2) is 30.5 Å². The number of nitro benzene ring substituents is 1. The SMILES string of the molecule is COc1ccccc1OCCC(=O)OC(C(=O)Nc1ccc([N+](=O)[O-])cc1Cl)c1ccccc1. The summed E-state index contributed by atoms with van der Waals surface area (Å²) >= 11 is 6.07. The van der Waals surface area contributed by atoms with Gasteiger partial charge in [-0.1, -0.05) is 54.1 Å². The number of halogens is 1. The molecule has 10 heteroatoms. The van der Waals surface area contributed by atoms with Gasteiger partial charge in [0.1, 0.15) is 0 Å². The highest BCUT2D eigenvalue weighted by Crippen LogP contribution is 2.29. The van der Waals surface area contributed by atoms with Crippen molar-refractivity contribution in [2.24, 2.45) is 0 Å². The van der Waals surface area contributed by atoms with Crippen molar-refractivity contribution in [2.75, 3.05) is 19.0 Å². The molecule has 1 amide bonds. The molecule has 3 aromatic rings. The Morgan fingerprint density at radius 1 is 1.03 bits per heavy atom. The van der Waals surface area contributed by atoms with Crippen LogP contribution >= 0.6 is 11.6 Å². The second-order valence-electron chi connectivity index (χ2n) is 6.94. The van der Waals surface area contributed by atoms with E-state index in [-0.39, 0.29) is 29.4 Å². The number of rotatable bonds is 10. The van der Waals surface area contributed by atoms with Gasteiger partial charge in [-0.2, -0.15) is 0 Å². The molecule has 0 saturated heterocycles. The minimum atomic E-state index is -1.27. The smallest absolute Gasteiger partial charge is 0.310 e. The molecule has 0 aliphatic rings. The van der Waals surface area contributed by atoms with Gasteiger partial charge in [0.2, 0.25) is 6.10 Å². The van der Waals surface area contributed by atoms with Gasteiger partial charge in [-0.15, -0.1) is 0 Å². The number of methoxy groups -OCH3 is 1. The van der Waals surface area contributed by atoms with Crippen LogP contribution in [0.25, 0.3) is 0 Å². The Kier molecular flexibility index (Phi) is 8.42. The van der Waals surface area contributed by atoms with Crippen LogP contribution in [0.15, 0.2) is 72.8 Å². The lowest BCUT2D eigenvalue weighted by Gasteiger charge is -2.19. The second kappa shape index (κ2) is 11.7. The summed E-state index contributed by atoms with van der Waals surface area (Å²) in [7, 11) is 1.51. The van der Waals surface area contributed by atoms with E-state index in [4.69, 9.17) is 25.8 Å². The molecule has 0 aliphatic heterocycles. The average molecular weight is 485 g/mol. The highest BCUT2D eigenvalue weighted by Gasteiger charge is 2.26. The number of benzene rings is 3. The maximum Gasteiger partial charge on any atom is 0.310 e. The Morgan fingerprint density at radius 2 is 1.71 bits per heavy atom. The summed E-state index contributed by atoms with van der Waals surface area (Å²) in [5, 5.41) is 13.4. The van der Waals surface area contributed by atoms with Crippen molar-refractivity contribution < 1.29 is 28.7 Å². The molecule has 0 bridgehead atoms. The van der Waals surface area contributed by atoms with Crippen molar-refractivity contribution >= 4 is 34.9 Å². The molecule has 176 valence electrons. The number of non-ortho nitro benzene ring substituents is 1. The summed E-state index contributed by atoms with van der Waals surface area (Å²) in [5.41, 5.74) is 0.370. The molecular formula is C24H21ClN2O7. The molecule has 0 spiro atoms. The second-order valence-corrected chi connectivity index (χ2v) is 7.35. The number of carbonyl (C=O) groups excluding carboxylic acids is 2. The van der Waals surface area contributed by atoms with Crippen molar-refractivity contribution in [3.05, 3.63) is 93.5 Å². The minimum absolute atomic E-state index is 0.0104. The lowest BCUT2D eigenvalue weighted by molar-refractivity contribution is -0.384. The molecule has 0 aromatic heterocycles. The molecule has 34 heavy (non-hydrogen) atoms. The number of nitrogens with zero attached hydrogens (tertiary/aromatic N) is 1. The first kappa shape index (κ1) is 24.5. The number of esters is 1. The number of para-hydroxylation sites is 2. The summed E-state index contributed by atoms with van der Waals surface area (Å²) in [4.78, 5) is 35.8. The summed E-state index contributed by atoms with van der Waals surface area (Å²) < 4.78 is 16.2. The van der Waals surface area contributed by atoms with E-state index in [1.165, 1.54) is 19.2 Å². The molecule has 3 aromatic carbocycles. The first-order valence-corrected chi connectivity index (χ1v) is 10.5. The standard InChI is InChI=1S/C24H21ClN2O7/c1-32-20-9-5-6-10-21(20)33-14-13-22(28)34-23(16-7-3-2-4-8-16)24(29)26-19-12-11-17(27(30)31)15-18(19)25/h2-12,15,23H,13-14H2,1H3,(H,26,29). The van der Waals surface area contributed by atoms with Crippen LogP contribution < -0.4 is 14.8 Å². The highest BCUT2D eigenvalue weighted by atomic mass is 35.5. The van der Waals surface area contributed by atoms with Crippen LogP contribution in [0.5, 0.6) is 11.5 Å². The number of anilines is 1. The van der Waals surface area contributed by atoms with Crippen molar-refractivity contribution in [1.82, 2.24) is 0 Å². The van der Waals surface area contributed by atoms with Crippen LogP contribution in [-0.2, 0) is 14.3 Å². The number of nitro groups is 1. The Morgan fingerprint density at radius 3 is 2.35 bits per heavy atom. The van der Waals surface area contributed by atoms with Gasteiger partial charge in [0.05, 0.1) is 35.8 Å². The lowest BCUT2D eigenvalue weighted by Crippen LogP contribution is -2.26. The first-order valence-electron chi connectivity index (χ1n) is 10.1. The van der Waals surface area contributed by atoms with E-state index in [9.17, 15) is 19.7 Å². The van der Waals surface area contributed by atoms with Gasteiger partial charge in [0, 0.05) is 17.7 Å². The van der Waals surface area contributed by atoms with Crippen LogP contribution in [0.3, 0.4) is 0 Å². The van der Waals surface area contributed by atoms with Gasteiger partial charge in [0.25, 0.3) is 11.6 Å². The van der Waals surface area contributed by atoms with E-state index in [0.29, 0.717) is 17.1 Å². The molecule has 0 saturated carbocycles. The van der Waals surface area contributed by atoms with Gasteiger partial charge in [-0.25, -0.2) is 0 Å². The van der Waals surface area contributed by atoms with E-state index in [1.807, 2.05) is 0 Å². The maximum atomic E-state index is 13.0. The Labute approximate surface area is 200 Å². The maximum absolute atomic E-state index is 13.0. The molecule has 0 fully saturated rings. The largest absolute Gasteiger partial charge is 0.493 e. The molecule has 0 radical (unpaired) electrons. The predicted molar refractivity (Wildman–Crippen MR) is 125 cm³/mol. The molecule has 0 heterocycles. The number of hydrogen-bond acceptors (Lipinski definition) is 7. The normalized spacial score (nSPS) is 11.2. The third-order valence-electron chi connectivity index (χ3n) is 4.64. The molecule has 3 rings (SSSR count). The van der Waals surface area contributed by atoms with Crippen molar-refractivity contribution in [1.29, 1.82) is 0 Å². The molecular weight excluding hydrogens is 464 g/mol. The zero-order chi connectivity index (χ0) is 24.5. The number of carbonyl (C=O) groups is 2. The van der Waals surface area contributed by atoms with Gasteiger partial charge in [-0.3, -0.25) is 19.7 Å². The van der Waals surface area contributed by atoms with E-state index in [0.717, 1.165) is 6.07 Å². The number of hydrogen-bond donors (Lipinski definition) is 1. The van der Waals surface area contributed by atoms with E-state index >= 15 is 0 Å². The quantitative estimate of drug-likeness (QED) is 0.246. The average Bonchev–Trinajstić information content (AvgIpc) is 2.84. The molecule has 0 aliphatic carbocycles. The predicted octanol–water partition coefficient (Wildman–Crippen LogP) is 4.95. The van der Waals surface area contributed by atoms with Crippen molar-refractivity contribution in [3.8, 4) is 11.5 Å². The van der Waals surface area contributed by atoms with Crippen LogP contribution in [0.2, 0.25) is 5.02 Å². The monoisotopic (exact) mass is 484 g/mol. The van der Waals surface area contributed by atoms with Gasteiger partial charge >= 0.3 is 5.97 Å². The van der Waals surface area contributed by atoms with E-state index in [2.05, 4.69) is 5.32 Å². The molecule has 1 atom stereocenters. The fourth-order valence-corrected chi connectivity index (χ4v) is 3.21. The van der Waals surface area contributed by atoms with Crippen LogP contribution in [0.1, 0.15) is 18.1 Å². The first-order chi connectivity index (χ1) is 16.4. The summed E-state index contributed by atoms with van der Waals surface area (Å²) in [6.45, 7) is 0.0104. The van der Waals surface area contributed by atoms with Crippen LogP contribution in [0, 0.1) is 10.1 Å². The lowest BCUT2D eigenvalue weighted by atomic mass is 10.1. The molecule has 9 nitrogen and oxygen atoms in total. The third kappa shape index (κ3) is 6.46. The zero-order valence-corrected chi connectivity index (χ0v) is 18.9. The highest BCUT2D eigenvalue weighted by molar-refractivity contribution is 6.34. The number of ether oxygens (including phenoxy) is 3. The van der Waals surface area contributed by atoms with E-state index in [1.54, 1.807) is 54.6 Å². The van der Waals surface area contributed by atoms with Gasteiger partial charge < -0.3 is 19.5 Å². The molecule has 1 N–H and O–H groups in total. The summed E-state index contributed by atoms with van der Waals surface area (Å²) in [5.74, 6) is -0.324. The van der Waals surface area contributed by atoms with Crippen LogP contribution in [0.4, 0.5) is 11.4 Å². The Hall–Kier alpha value is -4.11. The summed E-state index contributed by atoms with van der Waals surface area (Å²) in [6.07, 6.45) is -1.39. The van der Waals surface area contributed by atoms with Crippen molar-refractivity contribution in [3.63, 3.8) is 0 Å². The fourth-order valence-electron chi connectivity index (χ4n) is 2.99. The Bertz CT molecular complexity index is 1170. The van der Waals surface area contributed by atoms with Gasteiger partial charge in [0.15, 0.2) is 11.5 Å². The molecule has 1 unspecified atom stereocenters. The van der Waals surface area contributed by atoms with E-state index < -0.39 is 22.9 Å². The van der Waals surface area contributed by atoms with Gasteiger partial charge in [-0.05, 0) is 18.2 Å². The third-order valence-corrected chi connectivity index (χ3v) is 4.96. The zero-order valence-electron chi connectivity index (χ0n) is 18.1. The topological polar surface area (TPSA) is 117 Å². The number of amides is 1. The van der Waals surface area contributed by atoms with Crippen molar-refractivity contribution in [2.45, 2.75) is 12.5 Å². The number of nitrogens with one attached hydrogen (secondary N) is 1. The minimum Gasteiger partial charge on any atom is -0.493 e. The summed E-state index contributed by atoms with van der Waals surface area (Å²) in [6, 6.07) is 19.1. The Balaban J connectivity index is 1.68.